The van der Waals surface area contributed by atoms with Crippen LogP contribution < -0.4 is 9.47 Å². The molecule has 6 heteroatoms. The maximum Gasteiger partial charge on any atom is 0.295 e. The highest BCUT2D eigenvalue weighted by atomic mass is 16.5. The van der Waals surface area contributed by atoms with E-state index in [1.165, 1.54) is 0 Å². The van der Waals surface area contributed by atoms with Crippen molar-refractivity contribution in [2.24, 2.45) is 0 Å². The van der Waals surface area contributed by atoms with E-state index in [2.05, 4.69) is 0 Å². The molecule has 0 bridgehead atoms. The van der Waals surface area contributed by atoms with Crippen LogP contribution in [0.1, 0.15) is 35.2 Å². The van der Waals surface area contributed by atoms with E-state index < -0.39 is 17.7 Å². The number of carbonyl (C=O) groups is 2. The molecule has 0 spiro atoms. The first kappa shape index (κ1) is 26.8. The quantitative estimate of drug-likeness (QED) is 0.147. The normalized spacial score (nSPS) is 16.2. The Balaban J connectivity index is 1.47. The van der Waals surface area contributed by atoms with E-state index in [-0.39, 0.29) is 11.3 Å². The van der Waals surface area contributed by atoms with Gasteiger partial charge < -0.3 is 19.5 Å². The molecular formula is C34H31NO5. The second-order valence-corrected chi connectivity index (χ2v) is 9.53. The molecular weight excluding hydrogens is 502 g/mol. The number of aliphatic hydroxyl groups excluding tert-OH is 1. The topological polar surface area (TPSA) is 76.1 Å². The van der Waals surface area contributed by atoms with Gasteiger partial charge in [0.05, 0.1) is 18.2 Å². The van der Waals surface area contributed by atoms with E-state index in [4.69, 9.17) is 9.47 Å². The molecule has 1 N–H and O–H groups in total. The van der Waals surface area contributed by atoms with Crippen molar-refractivity contribution in [1.29, 1.82) is 0 Å². The van der Waals surface area contributed by atoms with Gasteiger partial charge in [-0.15, -0.1) is 0 Å². The van der Waals surface area contributed by atoms with E-state index in [0.29, 0.717) is 48.8 Å². The van der Waals surface area contributed by atoms with Crippen LogP contribution in [0, 0.1) is 0 Å². The van der Waals surface area contributed by atoms with Gasteiger partial charge in [-0.1, -0.05) is 72.8 Å². The van der Waals surface area contributed by atoms with Gasteiger partial charge in [-0.2, -0.15) is 0 Å². The zero-order valence-electron chi connectivity index (χ0n) is 22.3. The van der Waals surface area contributed by atoms with E-state index in [9.17, 15) is 14.7 Å². The summed E-state index contributed by atoms with van der Waals surface area (Å²) in [6.07, 6.45) is 0.575. The summed E-state index contributed by atoms with van der Waals surface area (Å²) in [5.74, 6) is -0.213. The highest BCUT2D eigenvalue weighted by Crippen LogP contribution is 2.40. The summed E-state index contributed by atoms with van der Waals surface area (Å²) in [5.41, 5.74) is 3.33. The van der Waals surface area contributed by atoms with Crippen molar-refractivity contribution in [2.45, 2.75) is 26.0 Å². The molecule has 40 heavy (non-hydrogen) atoms. The maximum atomic E-state index is 13.4. The van der Waals surface area contributed by atoms with Gasteiger partial charge in [0.1, 0.15) is 23.9 Å². The molecule has 0 saturated carbocycles. The molecule has 0 aliphatic carbocycles. The van der Waals surface area contributed by atoms with Crippen LogP contribution >= 0.6 is 0 Å². The van der Waals surface area contributed by atoms with Crippen LogP contribution in [0.25, 0.3) is 5.76 Å². The molecule has 6 nitrogen and oxygen atoms in total. The van der Waals surface area contributed by atoms with Crippen LogP contribution in [-0.4, -0.2) is 34.8 Å². The largest absolute Gasteiger partial charge is 0.507 e. The predicted octanol–water partition coefficient (Wildman–Crippen LogP) is 6.33. The fourth-order valence-electron chi connectivity index (χ4n) is 4.87. The molecule has 1 heterocycles. The minimum Gasteiger partial charge on any atom is -0.507 e. The lowest BCUT2D eigenvalue weighted by Crippen LogP contribution is -2.31. The fourth-order valence-corrected chi connectivity index (χ4v) is 4.87. The Morgan fingerprint density at radius 3 is 1.95 bits per heavy atom. The van der Waals surface area contributed by atoms with Crippen molar-refractivity contribution in [1.82, 2.24) is 4.90 Å². The van der Waals surface area contributed by atoms with Crippen LogP contribution in [-0.2, 0) is 22.6 Å². The van der Waals surface area contributed by atoms with Gasteiger partial charge in [-0.05, 0) is 66.4 Å². The summed E-state index contributed by atoms with van der Waals surface area (Å²) in [6.45, 7) is 3.16. The second kappa shape index (κ2) is 12.3. The van der Waals surface area contributed by atoms with Crippen LogP contribution in [0.2, 0.25) is 0 Å². The second-order valence-electron chi connectivity index (χ2n) is 9.53. The molecule has 1 unspecified atom stereocenters. The number of likely N-dealkylation sites (tertiary alicyclic amines) is 1. The number of hydrogen-bond acceptors (Lipinski definition) is 5. The Bertz CT molecular complexity index is 1480. The zero-order chi connectivity index (χ0) is 27.9. The summed E-state index contributed by atoms with van der Waals surface area (Å²) in [4.78, 5) is 28.2. The average Bonchev–Trinajstić information content (AvgIpc) is 3.25. The smallest absolute Gasteiger partial charge is 0.295 e. The number of aliphatic hydroxyl groups is 1. The minimum atomic E-state index is -0.738. The first-order chi connectivity index (χ1) is 19.5. The first-order valence-electron chi connectivity index (χ1n) is 13.4. The Kier molecular flexibility index (Phi) is 8.26. The van der Waals surface area contributed by atoms with Crippen molar-refractivity contribution < 1.29 is 24.2 Å². The summed E-state index contributed by atoms with van der Waals surface area (Å²) >= 11 is 0. The van der Waals surface area contributed by atoms with Crippen molar-refractivity contribution in [3.63, 3.8) is 0 Å². The number of ketones is 1. The number of hydrogen-bond donors (Lipinski definition) is 1. The Hall–Kier alpha value is -4.84. The Labute approximate surface area is 234 Å². The average molecular weight is 534 g/mol. The lowest BCUT2D eigenvalue weighted by Gasteiger charge is -2.25. The molecule has 4 aromatic carbocycles. The molecule has 0 aromatic heterocycles. The summed E-state index contributed by atoms with van der Waals surface area (Å²) in [6, 6.07) is 33.1. The number of carbonyl (C=O) groups excluding carboxylic acids is 2. The van der Waals surface area contributed by atoms with Gasteiger partial charge in [0, 0.05) is 12.1 Å². The van der Waals surface area contributed by atoms with E-state index in [0.717, 1.165) is 11.1 Å². The monoisotopic (exact) mass is 533 g/mol. The van der Waals surface area contributed by atoms with Crippen LogP contribution in [0.5, 0.6) is 11.5 Å². The van der Waals surface area contributed by atoms with Gasteiger partial charge in [0.25, 0.3) is 11.7 Å². The number of ether oxygens (including phenoxy) is 2. The molecule has 1 aliphatic rings. The predicted molar refractivity (Wildman–Crippen MR) is 154 cm³/mol. The molecule has 1 atom stereocenters. The maximum absolute atomic E-state index is 13.4. The zero-order valence-corrected chi connectivity index (χ0v) is 22.3. The van der Waals surface area contributed by atoms with Crippen molar-refractivity contribution >= 4 is 17.4 Å². The standard InChI is InChI=1S/C34H31NO5/c1-2-39-28-19-15-27(16-20-28)32(36)30-31(35(34(38)33(30)37)22-21-24-9-5-3-6-10-24)26-13-17-29(18-14-26)40-23-25-11-7-4-8-12-25/h3-20,31,36H,2,21-23H2,1H3. The third-order valence-corrected chi connectivity index (χ3v) is 6.91. The molecule has 1 saturated heterocycles. The van der Waals surface area contributed by atoms with Gasteiger partial charge in [-0.3, -0.25) is 9.59 Å². The van der Waals surface area contributed by atoms with E-state index in [1.54, 1.807) is 29.2 Å². The van der Waals surface area contributed by atoms with Crippen molar-refractivity contribution in [3.05, 3.63) is 137 Å². The van der Waals surface area contributed by atoms with Crippen LogP contribution in [0.3, 0.4) is 0 Å². The molecule has 0 radical (unpaired) electrons. The number of benzene rings is 4. The Morgan fingerprint density at radius 1 is 0.750 bits per heavy atom. The molecule has 1 fully saturated rings. The highest BCUT2D eigenvalue weighted by Gasteiger charge is 2.45. The van der Waals surface area contributed by atoms with Gasteiger partial charge >= 0.3 is 0 Å². The fraction of sp³-hybridized carbons (Fsp3) is 0.176. The number of amides is 1. The third-order valence-electron chi connectivity index (χ3n) is 6.91. The molecule has 1 aliphatic heterocycles. The highest BCUT2D eigenvalue weighted by molar-refractivity contribution is 6.46. The lowest BCUT2D eigenvalue weighted by molar-refractivity contribution is -0.139. The van der Waals surface area contributed by atoms with Gasteiger partial charge in [0.15, 0.2) is 0 Å². The third kappa shape index (κ3) is 5.91. The number of Topliss-reactive ketones (excluding diaryl/α,β-unsaturated/α-hetero) is 1. The molecule has 5 rings (SSSR count). The Morgan fingerprint density at radius 2 is 1.32 bits per heavy atom. The summed E-state index contributed by atoms with van der Waals surface area (Å²) in [5, 5.41) is 11.3. The summed E-state index contributed by atoms with van der Waals surface area (Å²) < 4.78 is 11.4. The van der Waals surface area contributed by atoms with Gasteiger partial charge in [-0.25, -0.2) is 0 Å². The van der Waals surface area contributed by atoms with Crippen LogP contribution in [0.15, 0.2) is 115 Å². The number of nitrogens with zero attached hydrogens (tertiary/aromatic N) is 1. The SMILES string of the molecule is CCOc1ccc(C(O)=C2C(=O)C(=O)N(CCc3ccccc3)C2c2ccc(OCc3ccccc3)cc2)cc1. The van der Waals surface area contributed by atoms with Crippen molar-refractivity contribution in [2.75, 3.05) is 13.2 Å². The minimum absolute atomic E-state index is 0.0696. The first-order valence-corrected chi connectivity index (χ1v) is 13.4. The lowest BCUT2D eigenvalue weighted by atomic mass is 9.95. The van der Waals surface area contributed by atoms with Crippen LogP contribution in [0.4, 0.5) is 0 Å². The summed E-state index contributed by atoms with van der Waals surface area (Å²) in [7, 11) is 0. The molecule has 202 valence electrons. The number of rotatable bonds is 10. The van der Waals surface area contributed by atoms with Crippen molar-refractivity contribution in [3.8, 4) is 11.5 Å². The van der Waals surface area contributed by atoms with E-state index >= 15 is 0 Å². The van der Waals surface area contributed by atoms with E-state index in [1.807, 2.05) is 91.9 Å². The van der Waals surface area contributed by atoms with Gasteiger partial charge in [0.2, 0.25) is 0 Å². The molecule has 4 aromatic rings. The molecule has 1 amide bonds.